The molecule has 0 radical (unpaired) electrons. The lowest BCUT2D eigenvalue weighted by atomic mass is 10.1. The molecule has 102 valence electrons. The van der Waals surface area contributed by atoms with Gasteiger partial charge in [0.1, 0.15) is 11.3 Å². The molecule has 1 nitrogen and oxygen atoms in total. The van der Waals surface area contributed by atoms with Crippen molar-refractivity contribution in [1.29, 1.82) is 0 Å². The lowest BCUT2D eigenvalue weighted by Gasteiger charge is -2.00. The summed E-state index contributed by atoms with van der Waals surface area (Å²) >= 11 is 7.68. The fraction of sp³-hybridized carbons (Fsp3) is 0.176. The van der Waals surface area contributed by atoms with Crippen molar-refractivity contribution in [2.75, 3.05) is 6.26 Å². The van der Waals surface area contributed by atoms with Gasteiger partial charge in [0, 0.05) is 16.0 Å². The molecule has 1 heterocycles. The van der Waals surface area contributed by atoms with Crippen LogP contribution in [0.3, 0.4) is 0 Å². The second-order valence-electron chi connectivity index (χ2n) is 4.66. The molecule has 0 saturated carbocycles. The van der Waals surface area contributed by atoms with E-state index in [9.17, 15) is 0 Å². The van der Waals surface area contributed by atoms with E-state index in [1.807, 2.05) is 24.3 Å². The quantitative estimate of drug-likeness (QED) is 0.547. The molecule has 20 heavy (non-hydrogen) atoms. The molecular weight excluding hydrogens is 288 g/mol. The first kappa shape index (κ1) is 13.6. The lowest BCUT2D eigenvalue weighted by molar-refractivity contribution is 0.625. The van der Waals surface area contributed by atoms with Crippen LogP contribution in [0.5, 0.6) is 0 Å². The highest BCUT2D eigenvalue weighted by atomic mass is 35.5. The van der Waals surface area contributed by atoms with Gasteiger partial charge in [-0.1, -0.05) is 24.6 Å². The predicted molar refractivity (Wildman–Crippen MR) is 87.8 cm³/mol. The van der Waals surface area contributed by atoms with Crippen LogP contribution in [0.1, 0.15) is 12.5 Å². The van der Waals surface area contributed by atoms with Crippen molar-refractivity contribution in [1.82, 2.24) is 0 Å². The zero-order chi connectivity index (χ0) is 14.1. The molecule has 3 rings (SSSR count). The minimum absolute atomic E-state index is 0.740. The summed E-state index contributed by atoms with van der Waals surface area (Å²) < 4.78 is 6.05. The van der Waals surface area contributed by atoms with Crippen LogP contribution < -0.4 is 0 Å². The molecule has 0 aliphatic carbocycles. The first-order valence-electron chi connectivity index (χ1n) is 6.58. The Morgan fingerprint density at radius 3 is 2.50 bits per heavy atom. The Hall–Kier alpha value is -1.38. The summed E-state index contributed by atoms with van der Waals surface area (Å²) in [5, 5.41) is 1.94. The number of fused-ring (bicyclic) bond motifs is 1. The number of halogens is 1. The minimum atomic E-state index is 0.740. The van der Waals surface area contributed by atoms with Gasteiger partial charge in [-0.15, -0.1) is 11.8 Å². The summed E-state index contributed by atoms with van der Waals surface area (Å²) in [4.78, 5) is 1.19. The van der Waals surface area contributed by atoms with E-state index in [-0.39, 0.29) is 0 Å². The third-order valence-electron chi connectivity index (χ3n) is 3.43. The van der Waals surface area contributed by atoms with E-state index in [4.69, 9.17) is 16.0 Å². The molecule has 0 N–H and O–H groups in total. The summed E-state index contributed by atoms with van der Waals surface area (Å²) in [5.74, 6) is 0.928. The van der Waals surface area contributed by atoms with Crippen molar-refractivity contribution >= 4 is 34.3 Å². The van der Waals surface area contributed by atoms with Crippen LogP contribution in [0.2, 0.25) is 5.02 Å². The fourth-order valence-corrected chi connectivity index (χ4v) is 3.19. The van der Waals surface area contributed by atoms with Gasteiger partial charge < -0.3 is 4.42 Å². The van der Waals surface area contributed by atoms with Crippen LogP contribution in [0.15, 0.2) is 51.8 Å². The van der Waals surface area contributed by atoms with Gasteiger partial charge in [0.25, 0.3) is 0 Å². The average molecular weight is 303 g/mol. The molecule has 0 unspecified atom stereocenters. The molecule has 0 amide bonds. The van der Waals surface area contributed by atoms with E-state index in [2.05, 4.69) is 31.4 Å². The number of thioether (sulfide) groups is 1. The third-order valence-corrected chi connectivity index (χ3v) is 4.49. The Morgan fingerprint density at radius 1 is 1.10 bits per heavy atom. The first-order valence-corrected chi connectivity index (χ1v) is 8.18. The second-order valence-corrected chi connectivity index (χ2v) is 5.91. The van der Waals surface area contributed by atoms with Crippen LogP contribution in [0, 0.1) is 0 Å². The van der Waals surface area contributed by atoms with Gasteiger partial charge in [0.2, 0.25) is 0 Å². The smallest absolute Gasteiger partial charge is 0.148 e. The highest BCUT2D eigenvalue weighted by molar-refractivity contribution is 7.99. The van der Waals surface area contributed by atoms with E-state index < -0.39 is 0 Å². The van der Waals surface area contributed by atoms with Crippen molar-refractivity contribution in [2.45, 2.75) is 18.2 Å². The molecule has 3 aromatic rings. The summed E-state index contributed by atoms with van der Waals surface area (Å²) in [6.45, 7) is 2.17. The molecule has 3 heteroatoms. The molecule has 0 atom stereocenters. The normalized spacial score (nSPS) is 11.2. The Bertz CT molecular complexity index is 744. The van der Waals surface area contributed by atoms with Gasteiger partial charge in [-0.2, -0.15) is 0 Å². The van der Waals surface area contributed by atoms with Crippen molar-refractivity contribution in [3.63, 3.8) is 0 Å². The van der Waals surface area contributed by atoms with Crippen LogP contribution in [0.25, 0.3) is 22.3 Å². The molecule has 0 aliphatic heterocycles. The molecule has 1 aromatic heterocycles. The van der Waals surface area contributed by atoms with Crippen LogP contribution >= 0.6 is 23.4 Å². The number of hydrogen-bond acceptors (Lipinski definition) is 2. The topological polar surface area (TPSA) is 13.1 Å². The van der Waals surface area contributed by atoms with Crippen LogP contribution in [-0.2, 0) is 6.42 Å². The number of aryl methyl sites for hydroxylation is 1. The largest absolute Gasteiger partial charge is 0.455 e. The zero-order valence-electron chi connectivity index (χ0n) is 11.4. The molecule has 0 spiro atoms. The van der Waals surface area contributed by atoms with Crippen LogP contribution in [-0.4, -0.2) is 6.26 Å². The van der Waals surface area contributed by atoms with Crippen molar-refractivity contribution < 1.29 is 4.42 Å². The van der Waals surface area contributed by atoms with Gasteiger partial charge in [0.15, 0.2) is 0 Å². The number of hydrogen-bond donors (Lipinski definition) is 0. The standard InChI is InChI=1S/C17H15ClOS/c1-3-11-4-9-15-14(10-11)17(20-2)16(19-15)12-5-7-13(18)8-6-12/h4-10H,3H2,1-2H3. The monoisotopic (exact) mass is 302 g/mol. The highest BCUT2D eigenvalue weighted by Gasteiger charge is 2.15. The fourth-order valence-electron chi connectivity index (χ4n) is 2.34. The summed E-state index contributed by atoms with van der Waals surface area (Å²) in [7, 11) is 0. The summed E-state index contributed by atoms with van der Waals surface area (Å²) in [6.07, 6.45) is 3.12. The predicted octanol–water partition coefficient (Wildman–Crippen LogP) is 6.04. The van der Waals surface area contributed by atoms with E-state index in [1.54, 1.807) is 11.8 Å². The van der Waals surface area contributed by atoms with E-state index in [0.717, 1.165) is 28.4 Å². The Labute approximate surface area is 127 Å². The maximum atomic E-state index is 6.05. The van der Waals surface area contributed by atoms with Crippen molar-refractivity contribution in [3.8, 4) is 11.3 Å². The average Bonchev–Trinajstić information content (AvgIpc) is 2.85. The third kappa shape index (κ3) is 2.34. The van der Waals surface area contributed by atoms with Crippen LogP contribution in [0.4, 0.5) is 0 Å². The van der Waals surface area contributed by atoms with Gasteiger partial charge in [-0.3, -0.25) is 0 Å². The number of furan rings is 1. The number of rotatable bonds is 3. The second kappa shape index (κ2) is 5.55. The maximum absolute atomic E-state index is 6.05. The highest BCUT2D eigenvalue weighted by Crippen LogP contribution is 2.39. The van der Waals surface area contributed by atoms with Gasteiger partial charge >= 0.3 is 0 Å². The SMILES string of the molecule is CCc1ccc2oc(-c3ccc(Cl)cc3)c(SC)c2c1. The van der Waals surface area contributed by atoms with Gasteiger partial charge in [-0.25, -0.2) is 0 Å². The lowest BCUT2D eigenvalue weighted by Crippen LogP contribution is -1.79. The van der Waals surface area contributed by atoms with Gasteiger partial charge in [-0.05, 0) is 54.6 Å². The maximum Gasteiger partial charge on any atom is 0.148 e. The summed E-state index contributed by atoms with van der Waals surface area (Å²) in [6, 6.07) is 14.2. The molecule has 0 bridgehead atoms. The molecule has 0 saturated heterocycles. The summed E-state index contributed by atoms with van der Waals surface area (Å²) in [5.41, 5.74) is 3.33. The molecule has 2 aromatic carbocycles. The molecule has 0 fully saturated rings. The minimum Gasteiger partial charge on any atom is -0.455 e. The number of benzene rings is 2. The molecule has 0 aliphatic rings. The Morgan fingerprint density at radius 2 is 1.85 bits per heavy atom. The van der Waals surface area contributed by atoms with Crippen molar-refractivity contribution in [2.24, 2.45) is 0 Å². The van der Waals surface area contributed by atoms with E-state index in [1.165, 1.54) is 15.8 Å². The Balaban J connectivity index is 2.22. The van der Waals surface area contributed by atoms with Crippen molar-refractivity contribution in [3.05, 3.63) is 53.1 Å². The molecular formula is C17H15ClOS. The van der Waals surface area contributed by atoms with E-state index in [0.29, 0.717) is 0 Å². The van der Waals surface area contributed by atoms with E-state index >= 15 is 0 Å². The van der Waals surface area contributed by atoms with Gasteiger partial charge in [0.05, 0.1) is 4.90 Å². The first-order chi connectivity index (χ1) is 9.72. The Kier molecular flexibility index (Phi) is 3.77. The zero-order valence-corrected chi connectivity index (χ0v) is 13.0.